The number of anilines is 3. The Morgan fingerprint density at radius 2 is 1.88 bits per heavy atom. The number of amides is 4. The lowest BCUT2D eigenvalue weighted by atomic mass is 10.1. The highest BCUT2D eigenvalue weighted by atomic mass is 79.9. The Morgan fingerprint density at radius 1 is 1.09 bits per heavy atom. The molecule has 2 aromatic rings. The monoisotopic (exact) mass is 515 g/mol. The van der Waals surface area contributed by atoms with Gasteiger partial charge in [-0.1, -0.05) is 40.5 Å². The molecule has 9 heteroatoms. The highest BCUT2D eigenvalue weighted by molar-refractivity contribution is 9.10. The molecule has 0 saturated carbocycles. The number of urea groups is 1. The average Bonchev–Trinajstić information content (AvgIpc) is 3.15. The first-order valence-electron chi connectivity index (χ1n) is 11.2. The predicted molar refractivity (Wildman–Crippen MR) is 134 cm³/mol. The molecule has 2 aromatic carbocycles. The number of para-hydroxylation sites is 2. The van der Waals surface area contributed by atoms with E-state index >= 15 is 0 Å². The zero-order valence-electron chi connectivity index (χ0n) is 18.7. The number of benzene rings is 2. The van der Waals surface area contributed by atoms with Crippen LogP contribution >= 0.6 is 15.9 Å². The second kappa shape index (κ2) is 11.7. The van der Waals surface area contributed by atoms with Crippen molar-refractivity contribution in [2.75, 3.05) is 36.0 Å². The van der Waals surface area contributed by atoms with Gasteiger partial charge in [0.1, 0.15) is 6.04 Å². The zero-order chi connectivity index (χ0) is 23.8. The molecule has 4 amide bonds. The van der Waals surface area contributed by atoms with Crippen LogP contribution in [0.15, 0.2) is 53.0 Å². The number of hydrogen-bond donors (Lipinski definition) is 3. The number of nitrogen functional groups attached to an aromatic ring is 1. The van der Waals surface area contributed by atoms with Gasteiger partial charge in [-0.2, -0.15) is 0 Å². The van der Waals surface area contributed by atoms with E-state index in [1.807, 2.05) is 43.3 Å². The molecule has 3 rings (SSSR count). The molecule has 1 fully saturated rings. The smallest absolute Gasteiger partial charge is 0.320 e. The fraction of sp³-hybridized carbons (Fsp3) is 0.375. The van der Waals surface area contributed by atoms with Crippen LogP contribution in [-0.2, 0) is 9.59 Å². The number of unbranched alkanes of at least 4 members (excludes halogenated alkanes) is 1. The molecule has 0 radical (unpaired) electrons. The zero-order valence-corrected chi connectivity index (χ0v) is 20.3. The van der Waals surface area contributed by atoms with Crippen LogP contribution in [0.5, 0.6) is 0 Å². The summed E-state index contributed by atoms with van der Waals surface area (Å²) in [6, 6.07) is 13.7. The van der Waals surface area contributed by atoms with Crippen molar-refractivity contribution < 1.29 is 14.4 Å². The first-order chi connectivity index (χ1) is 15.9. The number of carbonyl (C=O) groups is 3. The van der Waals surface area contributed by atoms with Crippen LogP contribution in [-0.4, -0.2) is 53.3 Å². The third kappa shape index (κ3) is 6.71. The van der Waals surface area contributed by atoms with Gasteiger partial charge in [0.15, 0.2) is 0 Å². The van der Waals surface area contributed by atoms with Gasteiger partial charge in [-0.3, -0.25) is 9.59 Å². The van der Waals surface area contributed by atoms with Crippen molar-refractivity contribution in [3.8, 4) is 0 Å². The summed E-state index contributed by atoms with van der Waals surface area (Å²) in [4.78, 5) is 41.5. The molecular formula is C24H30BrN5O3. The third-order valence-electron chi connectivity index (χ3n) is 5.65. The molecule has 4 N–H and O–H groups in total. The van der Waals surface area contributed by atoms with E-state index in [0.29, 0.717) is 62.4 Å². The van der Waals surface area contributed by atoms with Gasteiger partial charge in [-0.05, 0) is 50.1 Å². The van der Waals surface area contributed by atoms with Gasteiger partial charge in [-0.15, -0.1) is 0 Å². The minimum Gasteiger partial charge on any atom is -0.397 e. The summed E-state index contributed by atoms with van der Waals surface area (Å²) < 4.78 is 0.858. The fourth-order valence-corrected chi connectivity index (χ4v) is 4.25. The van der Waals surface area contributed by atoms with Crippen molar-refractivity contribution in [3.05, 3.63) is 53.0 Å². The molecule has 1 saturated heterocycles. The SMILES string of the molecule is CCN1CCN(C(CCCCC(=O)Nc2ccccc2N)C(=O)Nc2cccc(Br)c2)C1=O. The molecule has 0 aromatic heterocycles. The molecule has 8 nitrogen and oxygen atoms in total. The lowest BCUT2D eigenvalue weighted by Crippen LogP contribution is -2.46. The number of halogens is 1. The lowest BCUT2D eigenvalue weighted by Gasteiger charge is -2.27. The average molecular weight is 516 g/mol. The summed E-state index contributed by atoms with van der Waals surface area (Å²) in [5.41, 5.74) is 7.65. The molecule has 1 heterocycles. The highest BCUT2D eigenvalue weighted by Gasteiger charge is 2.36. The standard InChI is InChI=1S/C24H30BrN5O3/c1-2-29-14-15-30(24(29)33)21(23(32)27-18-9-7-8-17(25)16-18)12-5-6-13-22(31)28-20-11-4-3-10-19(20)26/h3-4,7-11,16,21H,2,5-6,12-15,26H2,1H3,(H,27,32)(H,28,31). The number of nitrogens with zero attached hydrogens (tertiary/aromatic N) is 2. The van der Waals surface area contributed by atoms with Gasteiger partial charge in [0, 0.05) is 36.2 Å². The molecule has 33 heavy (non-hydrogen) atoms. The molecule has 176 valence electrons. The summed E-state index contributed by atoms with van der Waals surface area (Å²) in [6.45, 7) is 3.65. The van der Waals surface area contributed by atoms with Crippen LogP contribution in [0.4, 0.5) is 21.9 Å². The first kappa shape index (κ1) is 24.6. The van der Waals surface area contributed by atoms with Crippen LogP contribution in [0.3, 0.4) is 0 Å². The summed E-state index contributed by atoms with van der Waals surface area (Å²) in [6.07, 6.45) is 2.01. The van der Waals surface area contributed by atoms with Gasteiger partial charge in [0.05, 0.1) is 11.4 Å². The van der Waals surface area contributed by atoms with Gasteiger partial charge in [0.25, 0.3) is 0 Å². The first-order valence-corrected chi connectivity index (χ1v) is 11.9. The second-order valence-corrected chi connectivity index (χ2v) is 8.87. The summed E-state index contributed by atoms with van der Waals surface area (Å²) in [7, 11) is 0. The molecule has 0 aliphatic carbocycles. The van der Waals surface area contributed by atoms with Crippen molar-refractivity contribution in [2.24, 2.45) is 0 Å². The van der Waals surface area contributed by atoms with E-state index in [1.165, 1.54) is 0 Å². The predicted octanol–water partition coefficient (Wildman–Crippen LogP) is 4.30. The topological polar surface area (TPSA) is 108 Å². The van der Waals surface area contributed by atoms with E-state index in [1.54, 1.807) is 21.9 Å². The van der Waals surface area contributed by atoms with Gasteiger partial charge < -0.3 is 26.2 Å². The second-order valence-electron chi connectivity index (χ2n) is 7.95. The van der Waals surface area contributed by atoms with Crippen LogP contribution in [0.2, 0.25) is 0 Å². The van der Waals surface area contributed by atoms with E-state index in [2.05, 4.69) is 26.6 Å². The van der Waals surface area contributed by atoms with Crippen LogP contribution in [0.1, 0.15) is 32.6 Å². The molecule has 0 spiro atoms. The van der Waals surface area contributed by atoms with Gasteiger partial charge >= 0.3 is 6.03 Å². The van der Waals surface area contributed by atoms with E-state index in [4.69, 9.17) is 5.73 Å². The Labute approximate surface area is 202 Å². The lowest BCUT2D eigenvalue weighted by molar-refractivity contribution is -0.120. The molecule has 1 atom stereocenters. The number of carbonyl (C=O) groups excluding carboxylic acids is 3. The Bertz CT molecular complexity index is 1000. The van der Waals surface area contributed by atoms with E-state index in [-0.39, 0.29) is 17.8 Å². The molecule has 1 unspecified atom stereocenters. The minimum atomic E-state index is -0.596. The Balaban J connectivity index is 1.58. The molecular weight excluding hydrogens is 486 g/mol. The summed E-state index contributed by atoms with van der Waals surface area (Å²) in [5.74, 6) is -0.349. The molecule has 1 aliphatic heterocycles. The van der Waals surface area contributed by atoms with Crippen molar-refractivity contribution in [1.29, 1.82) is 0 Å². The third-order valence-corrected chi connectivity index (χ3v) is 6.14. The van der Waals surface area contributed by atoms with E-state index < -0.39 is 6.04 Å². The van der Waals surface area contributed by atoms with E-state index in [0.717, 1.165) is 4.47 Å². The number of likely N-dealkylation sites (N-methyl/N-ethyl adjacent to an activating group) is 1. The van der Waals surface area contributed by atoms with Crippen molar-refractivity contribution in [2.45, 2.75) is 38.6 Å². The van der Waals surface area contributed by atoms with E-state index in [9.17, 15) is 14.4 Å². The fourth-order valence-electron chi connectivity index (χ4n) is 3.85. The number of nitrogens with one attached hydrogen (secondary N) is 2. The van der Waals surface area contributed by atoms with Crippen LogP contribution < -0.4 is 16.4 Å². The Hall–Kier alpha value is -3.07. The Morgan fingerprint density at radius 3 is 2.58 bits per heavy atom. The van der Waals surface area contributed by atoms with Crippen LogP contribution in [0, 0.1) is 0 Å². The highest BCUT2D eigenvalue weighted by Crippen LogP contribution is 2.22. The maximum absolute atomic E-state index is 13.1. The molecule has 1 aliphatic rings. The Kier molecular flexibility index (Phi) is 8.71. The maximum Gasteiger partial charge on any atom is 0.320 e. The quantitative estimate of drug-likeness (QED) is 0.323. The minimum absolute atomic E-state index is 0.121. The number of hydrogen-bond acceptors (Lipinski definition) is 4. The van der Waals surface area contributed by atoms with Crippen molar-refractivity contribution in [1.82, 2.24) is 9.80 Å². The number of rotatable bonds is 10. The van der Waals surface area contributed by atoms with Crippen molar-refractivity contribution >= 4 is 50.8 Å². The normalized spacial score (nSPS) is 14.3. The van der Waals surface area contributed by atoms with Gasteiger partial charge in [0.2, 0.25) is 11.8 Å². The van der Waals surface area contributed by atoms with Crippen LogP contribution in [0.25, 0.3) is 0 Å². The summed E-state index contributed by atoms with van der Waals surface area (Å²) >= 11 is 3.41. The largest absolute Gasteiger partial charge is 0.397 e. The van der Waals surface area contributed by atoms with Gasteiger partial charge in [-0.25, -0.2) is 4.79 Å². The van der Waals surface area contributed by atoms with Crippen molar-refractivity contribution in [3.63, 3.8) is 0 Å². The maximum atomic E-state index is 13.1. The molecule has 0 bridgehead atoms. The number of nitrogens with two attached hydrogens (primary N) is 1. The summed E-state index contributed by atoms with van der Waals surface area (Å²) in [5, 5.41) is 5.74.